The smallest absolute Gasteiger partial charge is 0.0249 e. The molecule has 108 valence electrons. The van der Waals surface area contributed by atoms with Crippen LogP contribution in [0.1, 0.15) is 48.8 Å². The van der Waals surface area contributed by atoms with Crippen molar-refractivity contribution < 1.29 is 0 Å². The summed E-state index contributed by atoms with van der Waals surface area (Å²) in [4.78, 5) is 2.71. The van der Waals surface area contributed by atoms with E-state index < -0.39 is 0 Å². The Morgan fingerprint density at radius 3 is 2.95 bits per heavy atom. The van der Waals surface area contributed by atoms with Gasteiger partial charge in [0.25, 0.3) is 0 Å². The second kappa shape index (κ2) is 5.50. The first-order valence-electron chi connectivity index (χ1n) is 8.48. The van der Waals surface area contributed by atoms with Crippen LogP contribution in [0.3, 0.4) is 0 Å². The van der Waals surface area contributed by atoms with Crippen molar-refractivity contribution in [1.82, 2.24) is 10.2 Å². The third-order valence-electron chi connectivity index (χ3n) is 5.59. The molecular weight excluding hydrogens is 244 g/mol. The summed E-state index contributed by atoms with van der Waals surface area (Å²) < 4.78 is 0. The molecule has 2 unspecified atom stereocenters. The fourth-order valence-corrected chi connectivity index (χ4v) is 4.47. The Morgan fingerprint density at radius 2 is 1.95 bits per heavy atom. The molecule has 0 aromatic heterocycles. The molecule has 3 aliphatic rings. The van der Waals surface area contributed by atoms with Gasteiger partial charge in [-0.3, -0.25) is 4.90 Å². The van der Waals surface area contributed by atoms with Crippen LogP contribution >= 0.6 is 0 Å². The van der Waals surface area contributed by atoms with Crippen LogP contribution in [0.5, 0.6) is 0 Å². The van der Waals surface area contributed by atoms with Gasteiger partial charge in [0.1, 0.15) is 0 Å². The molecule has 4 rings (SSSR count). The molecule has 0 saturated carbocycles. The minimum atomic E-state index is 0.726. The average molecular weight is 270 g/mol. The highest BCUT2D eigenvalue weighted by molar-refractivity contribution is 5.35. The van der Waals surface area contributed by atoms with E-state index in [0.29, 0.717) is 0 Å². The van der Waals surface area contributed by atoms with E-state index in [-0.39, 0.29) is 0 Å². The molecule has 0 amide bonds. The van der Waals surface area contributed by atoms with Crippen molar-refractivity contribution in [3.8, 4) is 0 Å². The van der Waals surface area contributed by atoms with Gasteiger partial charge in [-0.2, -0.15) is 0 Å². The molecule has 2 saturated heterocycles. The van der Waals surface area contributed by atoms with Crippen molar-refractivity contribution in [2.24, 2.45) is 0 Å². The Hall–Kier alpha value is -0.860. The van der Waals surface area contributed by atoms with Crippen molar-refractivity contribution in [2.45, 2.75) is 63.6 Å². The molecule has 0 bridgehead atoms. The van der Waals surface area contributed by atoms with Crippen LogP contribution in [0.4, 0.5) is 0 Å². The first kappa shape index (κ1) is 12.8. The maximum Gasteiger partial charge on any atom is 0.0249 e. The molecule has 0 radical (unpaired) electrons. The van der Waals surface area contributed by atoms with Crippen LogP contribution in [0, 0.1) is 0 Å². The maximum atomic E-state index is 3.85. The Bertz CT molecular complexity index is 482. The number of benzene rings is 1. The lowest BCUT2D eigenvalue weighted by atomic mass is 9.98. The second-order valence-electron chi connectivity index (χ2n) is 6.83. The number of fused-ring (bicyclic) bond motifs is 2. The summed E-state index contributed by atoms with van der Waals surface area (Å²) >= 11 is 0. The summed E-state index contributed by atoms with van der Waals surface area (Å²) in [5, 5.41) is 3.85. The Morgan fingerprint density at radius 1 is 1.00 bits per heavy atom. The summed E-state index contributed by atoms with van der Waals surface area (Å²) in [6.07, 6.45) is 9.53. The van der Waals surface area contributed by atoms with Crippen LogP contribution in [0.2, 0.25) is 0 Å². The highest BCUT2D eigenvalue weighted by Crippen LogP contribution is 2.28. The van der Waals surface area contributed by atoms with Gasteiger partial charge in [-0.05, 0) is 61.8 Å². The van der Waals surface area contributed by atoms with E-state index in [4.69, 9.17) is 0 Å². The standard InChI is InChI=1S/C18H26N2/c1-2-10-20-11-9-17(18(20)6-1)19-13-14-7-8-15-4-3-5-16(15)12-14/h7-8,12,17-19H,1-6,9-11,13H2. The van der Waals surface area contributed by atoms with Crippen LogP contribution in [0.25, 0.3) is 0 Å². The quantitative estimate of drug-likeness (QED) is 0.908. The Labute approximate surface area is 122 Å². The predicted molar refractivity (Wildman–Crippen MR) is 82.9 cm³/mol. The Balaban J connectivity index is 1.38. The average Bonchev–Trinajstić information content (AvgIpc) is 3.11. The molecule has 20 heavy (non-hydrogen) atoms. The molecule has 1 aromatic carbocycles. The maximum absolute atomic E-state index is 3.85. The molecule has 0 spiro atoms. The fourth-order valence-electron chi connectivity index (χ4n) is 4.47. The normalized spacial score (nSPS) is 29.4. The SMILES string of the molecule is c1cc2c(cc1CNC1CCN3CCCCC13)CCC2. The van der Waals surface area contributed by atoms with Crippen LogP contribution < -0.4 is 5.32 Å². The van der Waals surface area contributed by atoms with Crippen LogP contribution in [-0.2, 0) is 19.4 Å². The highest BCUT2D eigenvalue weighted by Gasteiger charge is 2.34. The lowest BCUT2D eigenvalue weighted by Gasteiger charge is -2.32. The summed E-state index contributed by atoms with van der Waals surface area (Å²) in [7, 11) is 0. The second-order valence-corrected chi connectivity index (χ2v) is 6.83. The van der Waals surface area contributed by atoms with Gasteiger partial charge < -0.3 is 5.32 Å². The van der Waals surface area contributed by atoms with Crippen LogP contribution in [-0.4, -0.2) is 30.1 Å². The molecule has 2 atom stereocenters. The zero-order valence-electron chi connectivity index (χ0n) is 12.4. The number of piperidine rings is 1. The first-order valence-corrected chi connectivity index (χ1v) is 8.48. The zero-order valence-corrected chi connectivity index (χ0v) is 12.4. The first-order chi connectivity index (χ1) is 9.90. The summed E-state index contributed by atoms with van der Waals surface area (Å²) in [6, 6.07) is 8.69. The van der Waals surface area contributed by atoms with Gasteiger partial charge in [-0.15, -0.1) is 0 Å². The van der Waals surface area contributed by atoms with Gasteiger partial charge in [0.2, 0.25) is 0 Å². The zero-order chi connectivity index (χ0) is 13.4. The minimum Gasteiger partial charge on any atom is -0.308 e. The van der Waals surface area contributed by atoms with Crippen molar-refractivity contribution in [2.75, 3.05) is 13.1 Å². The molecule has 2 nitrogen and oxygen atoms in total. The van der Waals surface area contributed by atoms with E-state index in [9.17, 15) is 0 Å². The van der Waals surface area contributed by atoms with Gasteiger partial charge in [0.05, 0.1) is 0 Å². The number of hydrogen-bond donors (Lipinski definition) is 1. The van der Waals surface area contributed by atoms with Gasteiger partial charge in [-0.25, -0.2) is 0 Å². The highest BCUT2D eigenvalue weighted by atomic mass is 15.2. The molecular formula is C18H26N2. The van der Waals surface area contributed by atoms with Crippen molar-refractivity contribution in [1.29, 1.82) is 0 Å². The molecule has 2 heterocycles. The minimum absolute atomic E-state index is 0.726. The lowest BCUT2D eigenvalue weighted by molar-refractivity contribution is 0.180. The molecule has 2 heteroatoms. The van der Waals surface area contributed by atoms with Gasteiger partial charge in [0, 0.05) is 25.2 Å². The molecule has 2 fully saturated rings. The molecule has 2 aliphatic heterocycles. The summed E-state index contributed by atoms with van der Waals surface area (Å²) in [6.45, 7) is 3.70. The topological polar surface area (TPSA) is 15.3 Å². The number of nitrogens with zero attached hydrogens (tertiary/aromatic N) is 1. The van der Waals surface area contributed by atoms with Crippen molar-refractivity contribution in [3.05, 3.63) is 34.9 Å². The predicted octanol–water partition coefficient (Wildman–Crippen LogP) is 2.89. The van der Waals surface area contributed by atoms with Crippen molar-refractivity contribution in [3.63, 3.8) is 0 Å². The van der Waals surface area contributed by atoms with E-state index >= 15 is 0 Å². The molecule has 1 aromatic rings. The number of aryl methyl sites for hydroxylation is 2. The Kier molecular flexibility index (Phi) is 3.53. The van der Waals surface area contributed by atoms with E-state index in [1.54, 1.807) is 11.1 Å². The summed E-state index contributed by atoms with van der Waals surface area (Å²) in [5.41, 5.74) is 4.68. The van der Waals surface area contributed by atoms with Crippen LogP contribution in [0.15, 0.2) is 18.2 Å². The monoisotopic (exact) mass is 270 g/mol. The van der Waals surface area contributed by atoms with E-state index in [2.05, 4.69) is 28.4 Å². The number of nitrogens with one attached hydrogen (secondary N) is 1. The fraction of sp³-hybridized carbons (Fsp3) is 0.667. The molecule has 1 aliphatic carbocycles. The van der Waals surface area contributed by atoms with Crippen molar-refractivity contribution >= 4 is 0 Å². The third kappa shape index (κ3) is 2.40. The van der Waals surface area contributed by atoms with E-state index in [0.717, 1.165) is 18.6 Å². The third-order valence-corrected chi connectivity index (χ3v) is 5.59. The van der Waals surface area contributed by atoms with Gasteiger partial charge in [-0.1, -0.05) is 24.6 Å². The van der Waals surface area contributed by atoms with E-state index in [1.807, 2.05) is 0 Å². The summed E-state index contributed by atoms with van der Waals surface area (Å²) in [5.74, 6) is 0. The van der Waals surface area contributed by atoms with E-state index in [1.165, 1.54) is 63.6 Å². The number of rotatable bonds is 3. The lowest BCUT2D eigenvalue weighted by Crippen LogP contribution is -2.44. The largest absolute Gasteiger partial charge is 0.308 e. The number of hydrogen-bond acceptors (Lipinski definition) is 2. The van der Waals surface area contributed by atoms with Gasteiger partial charge >= 0.3 is 0 Å². The molecule has 1 N–H and O–H groups in total. The van der Waals surface area contributed by atoms with Gasteiger partial charge in [0.15, 0.2) is 0 Å².